The summed E-state index contributed by atoms with van der Waals surface area (Å²) < 4.78 is 4.75. The van der Waals surface area contributed by atoms with Crippen molar-refractivity contribution in [2.45, 2.75) is 6.92 Å². The fraction of sp³-hybridized carbons (Fsp3) is 0.333. The number of nitrogens with one attached hydrogen (secondary N) is 2. The molecule has 1 aromatic rings. The molecule has 0 unspecified atom stereocenters. The molecular formula is C12H16N2O4. The fourth-order valence-electron chi connectivity index (χ4n) is 1.31. The summed E-state index contributed by atoms with van der Waals surface area (Å²) in [6.07, 6.45) is 0. The first-order chi connectivity index (χ1) is 8.54. The van der Waals surface area contributed by atoms with Crippen LogP contribution in [-0.4, -0.2) is 37.2 Å². The van der Waals surface area contributed by atoms with E-state index in [1.807, 2.05) is 0 Å². The lowest BCUT2D eigenvalue weighted by Crippen LogP contribution is -2.37. The van der Waals surface area contributed by atoms with Crippen LogP contribution in [0, 0.1) is 6.92 Å². The molecular weight excluding hydrogens is 236 g/mol. The van der Waals surface area contributed by atoms with E-state index in [0.29, 0.717) is 17.9 Å². The summed E-state index contributed by atoms with van der Waals surface area (Å²) in [6.45, 7) is 2.34. The highest BCUT2D eigenvalue weighted by molar-refractivity contribution is 6.39. The predicted octanol–water partition coefficient (Wildman–Crippen LogP) is 0.402. The van der Waals surface area contributed by atoms with E-state index in [1.54, 1.807) is 6.92 Å². The number of methoxy groups -OCH3 is 1. The number of ether oxygens (including phenoxy) is 1. The summed E-state index contributed by atoms with van der Waals surface area (Å²) in [5.74, 6) is -1.37. The SMILES string of the molecule is COCCNC(=O)C(=O)Nc1ccc(O)cc1C. The largest absolute Gasteiger partial charge is 0.508 e. The molecule has 0 aliphatic carbocycles. The second kappa shape index (κ2) is 6.61. The van der Waals surface area contributed by atoms with Gasteiger partial charge in [-0.05, 0) is 30.7 Å². The topological polar surface area (TPSA) is 87.7 Å². The third-order valence-electron chi connectivity index (χ3n) is 2.26. The lowest BCUT2D eigenvalue weighted by Gasteiger charge is -2.08. The molecule has 0 aromatic heterocycles. The van der Waals surface area contributed by atoms with Crippen LogP contribution >= 0.6 is 0 Å². The zero-order valence-corrected chi connectivity index (χ0v) is 10.3. The molecule has 0 spiro atoms. The summed E-state index contributed by atoms with van der Waals surface area (Å²) in [7, 11) is 1.51. The van der Waals surface area contributed by atoms with E-state index in [-0.39, 0.29) is 12.3 Å². The quantitative estimate of drug-likeness (QED) is 0.411. The summed E-state index contributed by atoms with van der Waals surface area (Å²) in [6, 6.07) is 4.47. The van der Waals surface area contributed by atoms with Gasteiger partial charge in [-0.2, -0.15) is 0 Å². The van der Waals surface area contributed by atoms with Gasteiger partial charge in [0, 0.05) is 19.3 Å². The van der Waals surface area contributed by atoms with Crippen molar-refractivity contribution in [1.82, 2.24) is 5.32 Å². The Kier molecular flexibility index (Phi) is 5.13. The minimum Gasteiger partial charge on any atom is -0.508 e. The number of amides is 2. The van der Waals surface area contributed by atoms with Crippen LogP contribution in [0.3, 0.4) is 0 Å². The number of phenols is 1. The smallest absolute Gasteiger partial charge is 0.313 e. The van der Waals surface area contributed by atoms with E-state index in [0.717, 1.165) is 0 Å². The Labute approximate surface area is 105 Å². The molecule has 18 heavy (non-hydrogen) atoms. The number of hydrogen-bond acceptors (Lipinski definition) is 4. The van der Waals surface area contributed by atoms with Gasteiger partial charge in [-0.1, -0.05) is 0 Å². The molecule has 0 bridgehead atoms. The van der Waals surface area contributed by atoms with Crippen molar-refractivity contribution in [3.05, 3.63) is 23.8 Å². The van der Waals surface area contributed by atoms with Gasteiger partial charge in [0.05, 0.1) is 6.61 Å². The molecule has 0 aliphatic rings. The molecule has 0 fully saturated rings. The Bertz CT molecular complexity index is 446. The monoisotopic (exact) mass is 252 g/mol. The molecule has 0 atom stereocenters. The van der Waals surface area contributed by atoms with Crippen LogP contribution in [0.25, 0.3) is 0 Å². The number of carbonyl (C=O) groups is 2. The van der Waals surface area contributed by atoms with Gasteiger partial charge in [-0.15, -0.1) is 0 Å². The lowest BCUT2D eigenvalue weighted by molar-refractivity contribution is -0.136. The summed E-state index contributed by atoms with van der Waals surface area (Å²) >= 11 is 0. The molecule has 0 heterocycles. The maximum absolute atomic E-state index is 11.5. The minimum atomic E-state index is -0.750. The molecule has 0 saturated heterocycles. The molecule has 0 aliphatic heterocycles. The number of carbonyl (C=O) groups excluding carboxylic acids is 2. The van der Waals surface area contributed by atoms with Crippen LogP contribution in [0.4, 0.5) is 5.69 Å². The number of benzene rings is 1. The van der Waals surface area contributed by atoms with Crippen molar-refractivity contribution >= 4 is 17.5 Å². The van der Waals surface area contributed by atoms with Crippen molar-refractivity contribution in [2.75, 3.05) is 25.6 Å². The molecule has 0 saturated carbocycles. The highest BCUT2D eigenvalue weighted by atomic mass is 16.5. The van der Waals surface area contributed by atoms with Crippen LogP contribution in [0.2, 0.25) is 0 Å². The van der Waals surface area contributed by atoms with Crippen molar-refractivity contribution in [3.8, 4) is 5.75 Å². The number of aryl methyl sites for hydroxylation is 1. The third-order valence-corrected chi connectivity index (χ3v) is 2.26. The molecule has 2 amide bonds. The number of anilines is 1. The first-order valence-electron chi connectivity index (χ1n) is 5.42. The Hall–Kier alpha value is -2.08. The zero-order chi connectivity index (χ0) is 13.5. The van der Waals surface area contributed by atoms with Crippen LogP contribution in [0.5, 0.6) is 5.75 Å². The Morgan fingerprint density at radius 3 is 2.67 bits per heavy atom. The third kappa shape index (κ3) is 4.06. The van der Waals surface area contributed by atoms with Gasteiger partial charge in [0.2, 0.25) is 0 Å². The Morgan fingerprint density at radius 1 is 1.33 bits per heavy atom. The van der Waals surface area contributed by atoms with E-state index in [4.69, 9.17) is 4.74 Å². The summed E-state index contributed by atoms with van der Waals surface area (Å²) in [5, 5.41) is 14.1. The number of rotatable bonds is 4. The zero-order valence-electron chi connectivity index (χ0n) is 10.3. The first-order valence-corrected chi connectivity index (χ1v) is 5.42. The highest BCUT2D eigenvalue weighted by Crippen LogP contribution is 2.19. The second-order valence-electron chi connectivity index (χ2n) is 3.70. The van der Waals surface area contributed by atoms with Gasteiger partial charge in [-0.3, -0.25) is 9.59 Å². The average Bonchev–Trinajstić information content (AvgIpc) is 2.32. The van der Waals surface area contributed by atoms with E-state index in [9.17, 15) is 14.7 Å². The number of hydrogen-bond donors (Lipinski definition) is 3. The molecule has 1 aromatic carbocycles. The molecule has 98 valence electrons. The van der Waals surface area contributed by atoms with Gasteiger partial charge in [0.15, 0.2) is 0 Å². The average molecular weight is 252 g/mol. The van der Waals surface area contributed by atoms with Gasteiger partial charge >= 0.3 is 11.8 Å². The van der Waals surface area contributed by atoms with E-state index in [1.165, 1.54) is 25.3 Å². The number of phenolic OH excluding ortho intramolecular Hbond substituents is 1. The second-order valence-corrected chi connectivity index (χ2v) is 3.70. The summed E-state index contributed by atoms with van der Waals surface area (Å²) in [5.41, 5.74) is 1.16. The van der Waals surface area contributed by atoms with Gasteiger partial charge in [-0.25, -0.2) is 0 Å². The minimum absolute atomic E-state index is 0.107. The van der Waals surface area contributed by atoms with Gasteiger partial charge in [0.25, 0.3) is 0 Å². The lowest BCUT2D eigenvalue weighted by atomic mass is 10.2. The normalized spacial score (nSPS) is 9.89. The van der Waals surface area contributed by atoms with Crippen LogP contribution in [-0.2, 0) is 14.3 Å². The molecule has 0 radical (unpaired) electrons. The Balaban J connectivity index is 2.56. The van der Waals surface area contributed by atoms with Crippen LogP contribution in [0.1, 0.15) is 5.56 Å². The molecule has 1 rings (SSSR count). The van der Waals surface area contributed by atoms with Crippen molar-refractivity contribution in [3.63, 3.8) is 0 Å². The highest BCUT2D eigenvalue weighted by Gasteiger charge is 2.13. The molecule has 3 N–H and O–H groups in total. The fourth-order valence-corrected chi connectivity index (χ4v) is 1.31. The van der Waals surface area contributed by atoms with Gasteiger partial charge < -0.3 is 20.5 Å². The van der Waals surface area contributed by atoms with E-state index in [2.05, 4.69) is 10.6 Å². The standard InChI is InChI=1S/C12H16N2O4/c1-8-7-9(15)3-4-10(8)14-12(17)11(16)13-5-6-18-2/h3-4,7,15H,5-6H2,1-2H3,(H,13,16)(H,14,17). The van der Waals surface area contributed by atoms with Crippen molar-refractivity contribution in [1.29, 1.82) is 0 Å². The van der Waals surface area contributed by atoms with E-state index >= 15 is 0 Å². The maximum atomic E-state index is 11.5. The van der Waals surface area contributed by atoms with Gasteiger partial charge in [0.1, 0.15) is 5.75 Å². The number of aromatic hydroxyl groups is 1. The molecule has 6 nitrogen and oxygen atoms in total. The van der Waals surface area contributed by atoms with E-state index < -0.39 is 11.8 Å². The summed E-state index contributed by atoms with van der Waals surface area (Å²) in [4.78, 5) is 22.9. The van der Waals surface area contributed by atoms with Crippen molar-refractivity contribution < 1.29 is 19.4 Å². The first kappa shape index (κ1) is 14.0. The van der Waals surface area contributed by atoms with Crippen molar-refractivity contribution in [2.24, 2.45) is 0 Å². The van der Waals surface area contributed by atoms with Crippen LogP contribution in [0.15, 0.2) is 18.2 Å². The predicted molar refractivity (Wildman–Crippen MR) is 66.4 cm³/mol. The molecule has 6 heteroatoms. The van der Waals surface area contributed by atoms with Crippen LogP contribution < -0.4 is 10.6 Å². The maximum Gasteiger partial charge on any atom is 0.313 e. The Morgan fingerprint density at radius 2 is 2.06 bits per heavy atom.